The van der Waals surface area contributed by atoms with Crippen molar-refractivity contribution in [3.63, 3.8) is 0 Å². The number of aliphatic hydroxyl groups excluding tert-OH is 1. The average Bonchev–Trinajstić information content (AvgIpc) is 2.95. The Morgan fingerprint density at radius 1 is 1.12 bits per heavy atom. The SMILES string of the molecule is O=C(C1CC2CC2C1)N1CCC(CO)CC1. The highest BCUT2D eigenvalue weighted by atomic mass is 16.3. The third kappa shape index (κ3) is 1.86. The van der Waals surface area contributed by atoms with Gasteiger partial charge in [-0.15, -0.1) is 0 Å². The molecule has 16 heavy (non-hydrogen) atoms. The Bertz CT molecular complexity index is 274. The summed E-state index contributed by atoms with van der Waals surface area (Å²) in [4.78, 5) is 14.3. The summed E-state index contributed by atoms with van der Waals surface area (Å²) in [6.45, 7) is 2.03. The largest absolute Gasteiger partial charge is 0.396 e. The molecule has 2 aliphatic carbocycles. The Hall–Kier alpha value is -0.570. The summed E-state index contributed by atoms with van der Waals surface area (Å²) < 4.78 is 0. The molecule has 2 saturated carbocycles. The van der Waals surface area contributed by atoms with Crippen molar-refractivity contribution in [2.24, 2.45) is 23.7 Å². The molecule has 0 aromatic heterocycles. The van der Waals surface area contributed by atoms with Crippen LogP contribution < -0.4 is 0 Å². The number of aliphatic hydroxyl groups is 1. The van der Waals surface area contributed by atoms with E-state index in [1.807, 2.05) is 4.90 Å². The van der Waals surface area contributed by atoms with Gasteiger partial charge in [-0.05, 0) is 49.9 Å². The Morgan fingerprint density at radius 3 is 2.31 bits per heavy atom. The molecule has 0 aromatic rings. The van der Waals surface area contributed by atoms with Crippen LogP contribution in [0.2, 0.25) is 0 Å². The molecule has 1 N–H and O–H groups in total. The maximum Gasteiger partial charge on any atom is 0.225 e. The van der Waals surface area contributed by atoms with E-state index in [1.54, 1.807) is 0 Å². The van der Waals surface area contributed by atoms with Crippen molar-refractivity contribution < 1.29 is 9.90 Å². The van der Waals surface area contributed by atoms with Gasteiger partial charge in [0.25, 0.3) is 0 Å². The number of carbonyl (C=O) groups is 1. The van der Waals surface area contributed by atoms with Crippen LogP contribution in [0.15, 0.2) is 0 Å². The van der Waals surface area contributed by atoms with Crippen LogP contribution in [0.5, 0.6) is 0 Å². The summed E-state index contributed by atoms with van der Waals surface area (Å²) >= 11 is 0. The Kier molecular flexibility index (Phi) is 2.66. The van der Waals surface area contributed by atoms with E-state index in [0.717, 1.165) is 50.6 Å². The maximum absolute atomic E-state index is 12.2. The van der Waals surface area contributed by atoms with Gasteiger partial charge in [-0.1, -0.05) is 0 Å². The fraction of sp³-hybridized carbons (Fsp3) is 0.923. The highest BCUT2D eigenvalue weighted by Gasteiger charge is 2.48. The molecule has 1 amide bonds. The summed E-state index contributed by atoms with van der Waals surface area (Å²) in [6, 6.07) is 0. The van der Waals surface area contributed by atoms with E-state index >= 15 is 0 Å². The second-order valence-electron chi connectivity index (χ2n) is 5.88. The first kappa shape index (κ1) is 10.6. The highest BCUT2D eigenvalue weighted by Crippen LogP contribution is 2.54. The van der Waals surface area contributed by atoms with Crippen molar-refractivity contribution in [3.8, 4) is 0 Å². The van der Waals surface area contributed by atoms with E-state index in [-0.39, 0.29) is 6.61 Å². The minimum atomic E-state index is 0.287. The molecule has 3 fully saturated rings. The molecule has 0 bridgehead atoms. The second-order valence-corrected chi connectivity index (χ2v) is 5.88. The smallest absolute Gasteiger partial charge is 0.225 e. The summed E-state index contributed by atoms with van der Waals surface area (Å²) in [5, 5.41) is 9.06. The van der Waals surface area contributed by atoms with Crippen LogP contribution >= 0.6 is 0 Å². The van der Waals surface area contributed by atoms with E-state index in [2.05, 4.69) is 0 Å². The van der Waals surface area contributed by atoms with Gasteiger partial charge < -0.3 is 10.0 Å². The van der Waals surface area contributed by atoms with Gasteiger partial charge in [-0.25, -0.2) is 0 Å². The monoisotopic (exact) mass is 223 g/mol. The Balaban J connectivity index is 1.51. The lowest BCUT2D eigenvalue weighted by Crippen LogP contribution is -2.42. The molecule has 2 unspecified atom stereocenters. The molecule has 1 aliphatic heterocycles. The molecule has 0 aromatic carbocycles. The fourth-order valence-corrected chi connectivity index (χ4v) is 3.51. The second kappa shape index (κ2) is 4.02. The van der Waals surface area contributed by atoms with Crippen LogP contribution in [0.1, 0.15) is 32.1 Å². The highest BCUT2D eigenvalue weighted by molar-refractivity contribution is 5.79. The molecule has 3 aliphatic rings. The molecule has 1 heterocycles. The zero-order valence-corrected chi connectivity index (χ0v) is 9.77. The predicted molar refractivity (Wildman–Crippen MR) is 60.7 cm³/mol. The maximum atomic E-state index is 12.2. The third-order valence-corrected chi connectivity index (χ3v) is 4.78. The molecule has 3 nitrogen and oxygen atoms in total. The molecule has 3 heteroatoms. The zero-order chi connectivity index (χ0) is 11.1. The van der Waals surface area contributed by atoms with Gasteiger partial charge in [-0.2, -0.15) is 0 Å². The number of hydrogen-bond donors (Lipinski definition) is 1. The minimum Gasteiger partial charge on any atom is -0.396 e. The minimum absolute atomic E-state index is 0.287. The molecular weight excluding hydrogens is 202 g/mol. The predicted octanol–water partition coefficient (Wildman–Crippen LogP) is 1.26. The molecule has 2 atom stereocenters. The van der Waals surface area contributed by atoms with Crippen LogP contribution in [0.25, 0.3) is 0 Å². The topological polar surface area (TPSA) is 40.5 Å². The fourth-order valence-electron chi connectivity index (χ4n) is 3.51. The van der Waals surface area contributed by atoms with Gasteiger partial charge in [0.05, 0.1) is 0 Å². The lowest BCUT2D eigenvalue weighted by atomic mass is 9.95. The Morgan fingerprint density at radius 2 is 1.75 bits per heavy atom. The molecule has 1 saturated heterocycles. The number of hydrogen-bond acceptors (Lipinski definition) is 2. The van der Waals surface area contributed by atoms with E-state index in [0.29, 0.717) is 17.7 Å². The summed E-state index contributed by atoms with van der Waals surface area (Å²) in [7, 11) is 0. The summed E-state index contributed by atoms with van der Waals surface area (Å²) in [5.74, 6) is 2.96. The van der Waals surface area contributed by atoms with E-state index < -0.39 is 0 Å². The Labute approximate surface area is 96.8 Å². The van der Waals surface area contributed by atoms with Gasteiger partial charge in [0, 0.05) is 25.6 Å². The van der Waals surface area contributed by atoms with E-state index in [1.165, 1.54) is 6.42 Å². The average molecular weight is 223 g/mol. The zero-order valence-electron chi connectivity index (χ0n) is 9.77. The number of carbonyl (C=O) groups excluding carboxylic acids is 1. The van der Waals surface area contributed by atoms with Gasteiger partial charge in [-0.3, -0.25) is 4.79 Å². The van der Waals surface area contributed by atoms with E-state index in [9.17, 15) is 4.79 Å². The van der Waals surface area contributed by atoms with Crippen LogP contribution in [0.3, 0.4) is 0 Å². The van der Waals surface area contributed by atoms with Crippen molar-refractivity contribution >= 4 is 5.91 Å². The number of piperidine rings is 1. The summed E-state index contributed by atoms with van der Waals surface area (Å²) in [6.07, 6.45) is 5.67. The van der Waals surface area contributed by atoms with Crippen LogP contribution in [0.4, 0.5) is 0 Å². The molecule has 0 spiro atoms. The quantitative estimate of drug-likeness (QED) is 0.765. The number of fused-ring (bicyclic) bond motifs is 1. The number of rotatable bonds is 2. The first-order valence-corrected chi connectivity index (χ1v) is 6.67. The standard InChI is InChI=1S/C13H21NO2/c15-8-9-1-3-14(4-2-9)13(16)12-6-10-5-11(10)7-12/h9-12,15H,1-8H2. The molecule has 3 rings (SSSR count). The molecule has 90 valence electrons. The van der Waals surface area contributed by atoms with Crippen molar-refractivity contribution in [2.45, 2.75) is 32.1 Å². The molecular formula is C13H21NO2. The molecule has 0 radical (unpaired) electrons. The van der Waals surface area contributed by atoms with Gasteiger partial charge in [0.1, 0.15) is 0 Å². The lowest BCUT2D eigenvalue weighted by Gasteiger charge is -2.33. The van der Waals surface area contributed by atoms with Crippen molar-refractivity contribution in [1.29, 1.82) is 0 Å². The van der Waals surface area contributed by atoms with Gasteiger partial charge in [0.2, 0.25) is 5.91 Å². The number of amides is 1. The van der Waals surface area contributed by atoms with Crippen LogP contribution in [-0.2, 0) is 4.79 Å². The van der Waals surface area contributed by atoms with E-state index in [4.69, 9.17) is 5.11 Å². The van der Waals surface area contributed by atoms with Crippen molar-refractivity contribution in [1.82, 2.24) is 4.90 Å². The lowest BCUT2D eigenvalue weighted by molar-refractivity contribution is -0.137. The summed E-state index contributed by atoms with van der Waals surface area (Å²) in [5.41, 5.74) is 0. The number of nitrogens with zero attached hydrogens (tertiary/aromatic N) is 1. The number of likely N-dealkylation sites (tertiary alicyclic amines) is 1. The van der Waals surface area contributed by atoms with Crippen molar-refractivity contribution in [3.05, 3.63) is 0 Å². The van der Waals surface area contributed by atoms with Gasteiger partial charge in [0.15, 0.2) is 0 Å². The normalized spacial score (nSPS) is 38.6. The van der Waals surface area contributed by atoms with Crippen LogP contribution in [-0.4, -0.2) is 35.6 Å². The van der Waals surface area contributed by atoms with Crippen molar-refractivity contribution in [2.75, 3.05) is 19.7 Å². The van der Waals surface area contributed by atoms with Crippen LogP contribution in [0, 0.1) is 23.7 Å². The first-order chi connectivity index (χ1) is 7.78. The first-order valence-electron chi connectivity index (χ1n) is 6.67. The van der Waals surface area contributed by atoms with Gasteiger partial charge >= 0.3 is 0 Å². The third-order valence-electron chi connectivity index (χ3n) is 4.78.